The van der Waals surface area contributed by atoms with Crippen LogP contribution < -0.4 is 5.32 Å². The van der Waals surface area contributed by atoms with Gasteiger partial charge in [0.1, 0.15) is 11.9 Å². The normalized spacial score (nSPS) is 12.1. The van der Waals surface area contributed by atoms with Gasteiger partial charge >= 0.3 is 0 Å². The minimum atomic E-state index is -0.337. The second-order valence-electron chi connectivity index (χ2n) is 3.07. The van der Waals surface area contributed by atoms with Gasteiger partial charge in [-0.1, -0.05) is 19.1 Å². The lowest BCUT2D eigenvalue weighted by Gasteiger charge is -2.10. The molecule has 1 atom stereocenters. The first-order valence-corrected chi connectivity index (χ1v) is 4.66. The molecule has 0 aliphatic carbocycles. The second-order valence-corrected chi connectivity index (χ2v) is 3.07. The van der Waals surface area contributed by atoms with Gasteiger partial charge in [0, 0.05) is 0 Å². The number of hydrogen-bond acceptors (Lipinski definition) is 2. The van der Waals surface area contributed by atoms with Crippen LogP contribution in [0.2, 0.25) is 0 Å². The van der Waals surface area contributed by atoms with Gasteiger partial charge in [-0.05, 0) is 30.7 Å². The lowest BCUT2D eigenvalue weighted by molar-refractivity contribution is 0.610. The van der Waals surface area contributed by atoms with Crippen LogP contribution in [0, 0.1) is 17.1 Å². The number of rotatable bonds is 4. The van der Waals surface area contributed by atoms with Crippen molar-refractivity contribution in [1.29, 1.82) is 5.26 Å². The lowest BCUT2D eigenvalue weighted by Crippen LogP contribution is -2.20. The van der Waals surface area contributed by atoms with E-state index in [1.807, 2.05) is 6.92 Å². The fraction of sp³-hybridized carbons (Fsp3) is 0.364. The summed E-state index contributed by atoms with van der Waals surface area (Å²) in [5.41, 5.74) is 0.808. The molecule has 2 nitrogen and oxygen atoms in total. The molecule has 3 heteroatoms. The van der Waals surface area contributed by atoms with Crippen molar-refractivity contribution in [3.8, 4) is 6.07 Å². The Balaban J connectivity index is 2.70. The van der Waals surface area contributed by atoms with Crippen molar-refractivity contribution in [2.24, 2.45) is 0 Å². The van der Waals surface area contributed by atoms with E-state index in [2.05, 4.69) is 11.4 Å². The Bertz CT molecular complexity index is 313. The molecule has 0 aliphatic rings. The highest BCUT2D eigenvalue weighted by atomic mass is 19.1. The fourth-order valence-corrected chi connectivity index (χ4v) is 1.18. The van der Waals surface area contributed by atoms with Crippen molar-refractivity contribution >= 4 is 0 Å². The minimum absolute atomic E-state index is 0.277. The first-order chi connectivity index (χ1) is 6.77. The summed E-state index contributed by atoms with van der Waals surface area (Å²) < 4.78 is 12.6. The van der Waals surface area contributed by atoms with Crippen LogP contribution in [0.1, 0.15) is 24.9 Å². The first-order valence-electron chi connectivity index (χ1n) is 4.66. The van der Waals surface area contributed by atoms with Gasteiger partial charge in [0.25, 0.3) is 0 Å². The van der Waals surface area contributed by atoms with Crippen LogP contribution in [0.4, 0.5) is 4.39 Å². The molecule has 0 heterocycles. The highest BCUT2D eigenvalue weighted by molar-refractivity contribution is 5.24. The summed E-state index contributed by atoms with van der Waals surface area (Å²) in [6.45, 7) is 2.82. The molecule has 0 spiro atoms. The molecule has 0 aromatic heterocycles. The average Bonchev–Trinajstić information content (AvgIpc) is 2.21. The molecule has 0 amide bonds. The molecule has 0 bridgehead atoms. The Morgan fingerprint density at radius 1 is 1.43 bits per heavy atom. The van der Waals surface area contributed by atoms with Crippen LogP contribution >= 0.6 is 0 Å². The van der Waals surface area contributed by atoms with Gasteiger partial charge in [-0.15, -0.1) is 0 Å². The Hall–Kier alpha value is -1.40. The SMILES string of the molecule is CCCN[C@@H](C#N)c1ccc(F)cc1. The third kappa shape index (κ3) is 2.82. The smallest absolute Gasteiger partial charge is 0.123 e. The maximum absolute atomic E-state index is 12.6. The van der Waals surface area contributed by atoms with E-state index in [-0.39, 0.29) is 11.9 Å². The summed E-state index contributed by atoms with van der Waals surface area (Å²) in [4.78, 5) is 0. The van der Waals surface area contributed by atoms with Crippen LogP contribution in [0.25, 0.3) is 0 Å². The Morgan fingerprint density at radius 3 is 2.57 bits per heavy atom. The molecule has 74 valence electrons. The van der Waals surface area contributed by atoms with Crippen molar-refractivity contribution in [2.75, 3.05) is 6.54 Å². The van der Waals surface area contributed by atoms with Crippen molar-refractivity contribution < 1.29 is 4.39 Å². The lowest BCUT2D eigenvalue weighted by atomic mass is 10.1. The molecule has 1 aromatic carbocycles. The highest BCUT2D eigenvalue weighted by Gasteiger charge is 2.08. The second kappa shape index (κ2) is 5.36. The standard InChI is InChI=1S/C11H13FN2/c1-2-7-14-11(8-13)9-3-5-10(12)6-4-9/h3-6,11,14H,2,7H2,1H3/t11-/m0/s1. The number of nitrogens with zero attached hydrogens (tertiary/aromatic N) is 1. The molecule has 0 aliphatic heterocycles. The van der Waals surface area contributed by atoms with E-state index in [4.69, 9.17) is 5.26 Å². The van der Waals surface area contributed by atoms with Gasteiger partial charge in [0.05, 0.1) is 6.07 Å². The number of hydrogen-bond donors (Lipinski definition) is 1. The molecule has 1 N–H and O–H groups in total. The van der Waals surface area contributed by atoms with E-state index < -0.39 is 0 Å². The molecule has 0 unspecified atom stereocenters. The molecule has 1 rings (SSSR count). The molecule has 0 fully saturated rings. The summed E-state index contributed by atoms with van der Waals surface area (Å²) in [6.07, 6.45) is 0.972. The number of nitriles is 1. The van der Waals surface area contributed by atoms with Gasteiger partial charge in [-0.2, -0.15) is 5.26 Å². The molecule has 14 heavy (non-hydrogen) atoms. The molecular formula is C11H13FN2. The van der Waals surface area contributed by atoms with E-state index in [1.165, 1.54) is 12.1 Å². The molecule has 0 saturated carbocycles. The maximum Gasteiger partial charge on any atom is 0.123 e. The van der Waals surface area contributed by atoms with Gasteiger partial charge < -0.3 is 0 Å². The van der Waals surface area contributed by atoms with Gasteiger partial charge in [-0.25, -0.2) is 4.39 Å². The zero-order valence-corrected chi connectivity index (χ0v) is 8.13. The predicted octanol–water partition coefficient (Wildman–Crippen LogP) is 2.39. The van der Waals surface area contributed by atoms with Crippen LogP contribution in [0.5, 0.6) is 0 Å². The first kappa shape index (κ1) is 10.7. The van der Waals surface area contributed by atoms with Crippen molar-refractivity contribution in [3.05, 3.63) is 35.6 Å². The predicted molar refractivity (Wildman–Crippen MR) is 53.0 cm³/mol. The fourth-order valence-electron chi connectivity index (χ4n) is 1.18. The van der Waals surface area contributed by atoms with Crippen molar-refractivity contribution in [2.45, 2.75) is 19.4 Å². The third-order valence-electron chi connectivity index (χ3n) is 1.93. The zero-order valence-electron chi connectivity index (χ0n) is 8.13. The van der Waals surface area contributed by atoms with E-state index >= 15 is 0 Å². The van der Waals surface area contributed by atoms with Gasteiger partial charge in [-0.3, -0.25) is 5.32 Å². The van der Waals surface area contributed by atoms with Crippen LogP contribution in [-0.2, 0) is 0 Å². The Labute approximate surface area is 83.4 Å². The number of nitrogens with one attached hydrogen (secondary N) is 1. The van der Waals surface area contributed by atoms with E-state index in [1.54, 1.807) is 12.1 Å². The Kier molecular flexibility index (Phi) is 4.09. The van der Waals surface area contributed by atoms with Crippen molar-refractivity contribution in [3.63, 3.8) is 0 Å². The molecular weight excluding hydrogens is 179 g/mol. The maximum atomic E-state index is 12.6. The summed E-state index contributed by atoms with van der Waals surface area (Å²) in [5, 5.41) is 11.9. The van der Waals surface area contributed by atoms with Crippen molar-refractivity contribution in [1.82, 2.24) is 5.32 Å². The molecule has 0 saturated heterocycles. The van der Waals surface area contributed by atoms with Gasteiger partial charge in [0.2, 0.25) is 0 Å². The zero-order chi connectivity index (χ0) is 10.4. The average molecular weight is 192 g/mol. The highest BCUT2D eigenvalue weighted by Crippen LogP contribution is 2.12. The summed E-state index contributed by atoms with van der Waals surface area (Å²) >= 11 is 0. The molecule has 0 radical (unpaired) electrons. The minimum Gasteiger partial charge on any atom is -0.298 e. The van der Waals surface area contributed by atoms with Crippen LogP contribution in [0.15, 0.2) is 24.3 Å². The van der Waals surface area contributed by atoms with E-state index in [0.29, 0.717) is 0 Å². The van der Waals surface area contributed by atoms with E-state index in [9.17, 15) is 4.39 Å². The summed E-state index contributed by atoms with van der Waals surface area (Å²) in [7, 11) is 0. The quantitative estimate of drug-likeness (QED) is 0.795. The largest absolute Gasteiger partial charge is 0.298 e. The van der Waals surface area contributed by atoms with Gasteiger partial charge in [0.15, 0.2) is 0 Å². The number of halogens is 1. The monoisotopic (exact) mass is 192 g/mol. The summed E-state index contributed by atoms with van der Waals surface area (Å²) in [6, 6.07) is 7.80. The van der Waals surface area contributed by atoms with Crippen LogP contribution in [-0.4, -0.2) is 6.54 Å². The topological polar surface area (TPSA) is 35.8 Å². The van der Waals surface area contributed by atoms with Crippen LogP contribution in [0.3, 0.4) is 0 Å². The third-order valence-corrected chi connectivity index (χ3v) is 1.93. The Morgan fingerprint density at radius 2 is 2.07 bits per heavy atom. The van der Waals surface area contributed by atoms with E-state index in [0.717, 1.165) is 18.5 Å². The summed E-state index contributed by atoms with van der Waals surface area (Å²) in [5.74, 6) is -0.277. The number of benzene rings is 1. The molecule has 1 aromatic rings.